The van der Waals surface area contributed by atoms with Gasteiger partial charge in [-0.25, -0.2) is 14.2 Å². The van der Waals surface area contributed by atoms with E-state index < -0.39 is 18.0 Å². The van der Waals surface area contributed by atoms with Crippen molar-refractivity contribution >= 4 is 17.4 Å². The Kier molecular flexibility index (Phi) is 6.06. The van der Waals surface area contributed by atoms with Gasteiger partial charge in [0.25, 0.3) is 0 Å². The molecule has 1 unspecified atom stereocenters. The van der Waals surface area contributed by atoms with E-state index in [1.54, 1.807) is 23.5 Å². The normalized spacial score (nSPS) is 12.2. The lowest BCUT2D eigenvalue weighted by molar-refractivity contribution is 0.169. The Balaban J connectivity index is 1.77. The topological polar surface area (TPSA) is 74.2 Å². The summed E-state index contributed by atoms with van der Waals surface area (Å²) in [7, 11) is 0. The molecule has 2 amide bonds. The smallest absolute Gasteiger partial charge is 0.315 e. The van der Waals surface area contributed by atoms with Gasteiger partial charge in [-0.15, -0.1) is 11.3 Å². The maximum atomic E-state index is 13.5. The average Bonchev–Trinajstić information content (AvgIpc) is 3.00. The highest BCUT2D eigenvalue weighted by molar-refractivity contribution is 7.09. The number of carbonyl (C=O) groups is 1. The van der Waals surface area contributed by atoms with Crippen LogP contribution in [-0.4, -0.2) is 22.7 Å². The number of rotatable bonds is 6. The maximum absolute atomic E-state index is 13.5. The first-order valence-corrected chi connectivity index (χ1v) is 8.23. The fraction of sp³-hybridized carbons (Fsp3) is 0.375. The summed E-state index contributed by atoms with van der Waals surface area (Å²) in [5.74, 6) is -0.135. The van der Waals surface area contributed by atoms with Crippen LogP contribution in [0.15, 0.2) is 29.6 Å². The van der Waals surface area contributed by atoms with Crippen molar-refractivity contribution in [3.05, 3.63) is 51.7 Å². The molecular weight excluding hydrogens is 317 g/mol. The van der Waals surface area contributed by atoms with Crippen LogP contribution < -0.4 is 10.6 Å². The molecule has 2 rings (SSSR count). The molecule has 1 atom stereocenters. The molecule has 1 aromatic carbocycles. The summed E-state index contributed by atoms with van der Waals surface area (Å²) in [5.41, 5.74) is 0.956. The number of aromatic nitrogens is 1. The van der Waals surface area contributed by atoms with E-state index in [9.17, 15) is 14.3 Å². The number of nitrogens with zero attached hydrogens (tertiary/aromatic N) is 1. The highest BCUT2D eigenvalue weighted by atomic mass is 32.1. The number of amides is 2. The molecule has 0 radical (unpaired) electrons. The number of aliphatic hydroxyl groups is 1. The molecule has 0 fully saturated rings. The van der Waals surface area contributed by atoms with Crippen molar-refractivity contribution in [1.82, 2.24) is 15.6 Å². The van der Waals surface area contributed by atoms with E-state index in [0.717, 1.165) is 10.7 Å². The molecule has 1 heterocycles. The highest BCUT2D eigenvalue weighted by Gasteiger charge is 2.13. The predicted molar refractivity (Wildman–Crippen MR) is 87.8 cm³/mol. The van der Waals surface area contributed by atoms with E-state index in [1.807, 2.05) is 5.38 Å². The first kappa shape index (κ1) is 17.4. The van der Waals surface area contributed by atoms with E-state index in [-0.39, 0.29) is 12.1 Å². The molecule has 1 aromatic heterocycles. The second kappa shape index (κ2) is 8.03. The first-order chi connectivity index (χ1) is 11.0. The molecular formula is C16H20FN3O2S. The van der Waals surface area contributed by atoms with Gasteiger partial charge in [0.1, 0.15) is 5.82 Å². The van der Waals surface area contributed by atoms with Gasteiger partial charge in [-0.1, -0.05) is 32.0 Å². The van der Waals surface area contributed by atoms with Crippen LogP contribution in [0.3, 0.4) is 0 Å². The van der Waals surface area contributed by atoms with E-state index in [0.29, 0.717) is 12.5 Å². The number of thiazole rings is 1. The lowest BCUT2D eigenvalue weighted by Gasteiger charge is -2.13. The summed E-state index contributed by atoms with van der Waals surface area (Å²) < 4.78 is 13.5. The Morgan fingerprint density at radius 3 is 2.74 bits per heavy atom. The number of hydrogen-bond donors (Lipinski definition) is 3. The van der Waals surface area contributed by atoms with Crippen molar-refractivity contribution in [3.63, 3.8) is 0 Å². The third-order valence-corrected chi connectivity index (χ3v) is 4.41. The molecule has 3 N–H and O–H groups in total. The van der Waals surface area contributed by atoms with Gasteiger partial charge in [0.05, 0.1) is 23.4 Å². The zero-order valence-corrected chi connectivity index (χ0v) is 13.9. The molecule has 0 aliphatic carbocycles. The molecule has 0 aliphatic heterocycles. The third-order valence-electron chi connectivity index (χ3n) is 3.21. The number of carbonyl (C=O) groups excluding carboxylic acids is 1. The van der Waals surface area contributed by atoms with Gasteiger partial charge in [0, 0.05) is 23.4 Å². The van der Waals surface area contributed by atoms with Crippen molar-refractivity contribution in [2.45, 2.75) is 32.4 Å². The lowest BCUT2D eigenvalue weighted by Crippen LogP contribution is -2.37. The second-order valence-corrected chi connectivity index (χ2v) is 6.32. The standard InChI is InChI=1S/C16H20FN3O2S/c1-10(2)15-20-11(9-23-15)7-18-16(22)19-8-14(21)12-5-3-4-6-13(12)17/h3-6,9-10,14,21H,7-8H2,1-2H3,(H2,18,19,22). The van der Waals surface area contributed by atoms with Crippen LogP contribution in [0.5, 0.6) is 0 Å². The van der Waals surface area contributed by atoms with Crippen molar-refractivity contribution in [1.29, 1.82) is 0 Å². The number of halogens is 1. The molecule has 0 saturated heterocycles. The summed E-state index contributed by atoms with van der Waals surface area (Å²) >= 11 is 1.56. The second-order valence-electron chi connectivity index (χ2n) is 5.43. The molecule has 124 valence electrons. The Morgan fingerprint density at radius 2 is 2.09 bits per heavy atom. The fourth-order valence-corrected chi connectivity index (χ4v) is 2.78. The van der Waals surface area contributed by atoms with Crippen LogP contribution in [0.2, 0.25) is 0 Å². The molecule has 0 bridgehead atoms. The molecule has 0 aliphatic rings. The Morgan fingerprint density at radius 1 is 1.35 bits per heavy atom. The Labute approximate surface area is 138 Å². The third kappa shape index (κ3) is 5.01. The van der Waals surface area contributed by atoms with Crippen LogP contribution in [0.4, 0.5) is 9.18 Å². The maximum Gasteiger partial charge on any atom is 0.315 e. The summed E-state index contributed by atoms with van der Waals surface area (Å²) in [6, 6.07) is 5.51. The van der Waals surface area contributed by atoms with Crippen LogP contribution in [0, 0.1) is 5.82 Å². The summed E-state index contributed by atoms with van der Waals surface area (Å²) in [4.78, 5) is 16.1. The lowest BCUT2D eigenvalue weighted by atomic mass is 10.1. The average molecular weight is 337 g/mol. The van der Waals surface area contributed by atoms with Crippen molar-refractivity contribution < 1.29 is 14.3 Å². The largest absolute Gasteiger partial charge is 0.386 e. The minimum Gasteiger partial charge on any atom is -0.386 e. The number of benzene rings is 1. The first-order valence-electron chi connectivity index (χ1n) is 7.36. The number of urea groups is 1. The van der Waals surface area contributed by atoms with Gasteiger partial charge < -0.3 is 15.7 Å². The van der Waals surface area contributed by atoms with Crippen LogP contribution >= 0.6 is 11.3 Å². The van der Waals surface area contributed by atoms with Crippen LogP contribution in [-0.2, 0) is 6.54 Å². The summed E-state index contributed by atoms with van der Waals surface area (Å²) in [5, 5.41) is 18.0. The van der Waals surface area contributed by atoms with Gasteiger partial charge in [-0.2, -0.15) is 0 Å². The van der Waals surface area contributed by atoms with Crippen LogP contribution in [0.25, 0.3) is 0 Å². The SMILES string of the molecule is CC(C)c1nc(CNC(=O)NCC(O)c2ccccc2F)cs1. The zero-order chi connectivity index (χ0) is 16.8. The minimum atomic E-state index is -1.09. The molecule has 5 nitrogen and oxygen atoms in total. The molecule has 0 spiro atoms. The van der Waals surface area contributed by atoms with Crippen molar-refractivity contribution in [2.24, 2.45) is 0 Å². The Hall–Kier alpha value is -1.99. The van der Waals surface area contributed by atoms with Gasteiger partial charge in [0.15, 0.2) is 0 Å². The van der Waals surface area contributed by atoms with Gasteiger partial charge in [-0.05, 0) is 6.07 Å². The van der Waals surface area contributed by atoms with Gasteiger partial charge >= 0.3 is 6.03 Å². The Bertz CT molecular complexity index is 660. The summed E-state index contributed by atoms with van der Waals surface area (Å²) in [6.45, 7) is 4.37. The minimum absolute atomic E-state index is 0.0684. The number of nitrogens with one attached hydrogen (secondary N) is 2. The van der Waals surface area contributed by atoms with E-state index in [2.05, 4.69) is 29.5 Å². The number of hydrogen-bond acceptors (Lipinski definition) is 4. The fourth-order valence-electron chi connectivity index (χ4n) is 1.95. The highest BCUT2D eigenvalue weighted by Crippen LogP contribution is 2.19. The molecule has 0 saturated carbocycles. The van der Waals surface area contributed by atoms with E-state index in [4.69, 9.17) is 0 Å². The van der Waals surface area contributed by atoms with Crippen molar-refractivity contribution in [2.75, 3.05) is 6.54 Å². The predicted octanol–water partition coefficient (Wildman–Crippen LogP) is 2.94. The van der Waals surface area contributed by atoms with E-state index >= 15 is 0 Å². The van der Waals surface area contributed by atoms with Crippen molar-refractivity contribution in [3.8, 4) is 0 Å². The van der Waals surface area contributed by atoms with Gasteiger partial charge in [0.2, 0.25) is 0 Å². The number of aliphatic hydroxyl groups excluding tert-OH is 1. The quantitative estimate of drug-likeness (QED) is 0.759. The monoisotopic (exact) mass is 337 g/mol. The molecule has 2 aromatic rings. The van der Waals surface area contributed by atoms with E-state index in [1.165, 1.54) is 12.1 Å². The van der Waals surface area contributed by atoms with Crippen LogP contribution in [0.1, 0.15) is 42.1 Å². The molecule has 7 heteroatoms. The summed E-state index contributed by atoms with van der Waals surface area (Å²) in [6.07, 6.45) is -1.09. The van der Waals surface area contributed by atoms with Gasteiger partial charge in [-0.3, -0.25) is 0 Å². The zero-order valence-electron chi connectivity index (χ0n) is 13.0. The molecule has 23 heavy (non-hydrogen) atoms.